The maximum absolute atomic E-state index is 12.3. The molecule has 0 aliphatic carbocycles. The summed E-state index contributed by atoms with van der Waals surface area (Å²) in [6, 6.07) is 5.82. The van der Waals surface area contributed by atoms with Crippen LogP contribution in [0.5, 0.6) is 0 Å². The van der Waals surface area contributed by atoms with Crippen LogP contribution < -0.4 is 10.6 Å². The van der Waals surface area contributed by atoms with Crippen LogP contribution in [-0.2, 0) is 6.42 Å². The van der Waals surface area contributed by atoms with Crippen LogP contribution in [0.3, 0.4) is 0 Å². The van der Waals surface area contributed by atoms with Gasteiger partial charge < -0.3 is 15.2 Å². The van der Waals surface area contributed by atoms with E-state index in [1.54, 1.807) is 0 Å². The third-order valence-electron chi connectivity index (χ3n) is 3.02. The van der Waals surface area contributed by atoms with Gasteiger partial charge in [0.2, 0.25) is 5.89 Å². The standard InChI is InChI=1S/C15H20N4O2/c1-3-7-16-13-5-4-11(2)9-12(13)15(20)17-8-6-14-18-10-19-21-14/h4-5,9-10,16H,3,6-8H2,1-2H3,(H,17,20). The number of rotatable bonds is 7. The van der Waals surface area contributed by atoms with E-state index in [9.17, 15) is 4.79 Å². The zero-order chi connectivity index (χ0) is 15.1. The molecule has 0 aliphatic heterocycles. The SMILES string of the molecule is CCCNc1ccc(C)cc1C(=O)NCCc1ncno1. The molecule has 1 aromatic carbocycles. The summed E-state index contributed by atoms with van der Waals surface area (Å²) in [4.78, 5) is 16.2. The predicted octanol–water partition coefficient (Wildman–Crippen LogP) is 2.17. The lowest BCUT2D eigenvalue weighted by molar-refractivity contribution is 0.0954. The lowest BCUT2D eigenvalue weighted by atomic mass is 10.1. The van der Waals surface area contributed by atoms with Gasteiger partial charge in [0.1, 0.15) is 0 Å². The van der Waals surface area contributed by atoms with E-state index in [1.807, 2.05) is 25.1 Å². The van der Waals surface area contributed by atoms with E-state index >= 15 is 0 Å². The van der Waals surface area contributed by atoms with Gasteiger partial charge >= 0.3 is 0 Å². The van der Waals surface area contributed by atoms with Crippen LogP contribution in [0.15, 0.2) is 29.0 Å². The first-order valence-corrected chi connectivity index (χ1v) is 7.09. The van der Waals surface area contributed by atoms with Crippen molar-refractivity contribution < 1.29 is 9.32 Å². The number of hydrogen-bond acceptors (Lipinski definition) is 5. The average Bonchev–Trinajstić information content (AvgIpc) is 2.99. The van der Waals surface area contributed by atoms with Crippen LogP contribution in [0.4, 0.5) is 5.69 Å². The Morgan fingerprint density at radius 2 is 2.19 bits per heavy atom. The normalized spacial score (nSPS) is 10.4. The van der Waals surface area contributed by atoms with Crippen molar-refractivity contribution in [2.75, 3.05) is 18.4 Å². The highest BCUT2D eigenvalue weighted by Crippen LogP contribution is 2.17. The topological polar surface area (TPSA) is 80.0 Å². The minimum absolute atomic E-state index is 0.100. The van der Waals surface area contributed by atoms with Crippen molar-refractivity contribution in [2.45, 2.75) is 26.7 Å². The van der Waals surface area contributed by atoms with Gasteiger partial charge in [0, 0.05) is 25.2 Å². The summed E-state index contributed by atoms with van der Waals surface area (Å²) in [5, 5.41) is 9.68. The quantitative estimate of drug-likeness (QED) is 0.816. The fourth-order valence-electron chi connectivity index (χ4n) is 1.94. The Morgan fingerprint density at radius 3 is 2.90 bits per heavy atom. The minimum atomic E-state index is -0.100. The van der Waals surface area contributed by atoms with Gasteiger partial charge in [-0.05, 0) is 25.5 Å². The molecular weight excluding hydrogens is 268 g/mol. The van der Waals surface area contributed by atoms with E-state index in [-0.39, 0.29) is 5.91 Å². The number of anilines is 1. The van der Waals surface area contributed by atoms with Crippen molar-refractivity contribution in [3.8, 4) is 0 Å². The van der Waals surface area contributed by atoms with Crippen molar-refractivity contribution >= 4 is 11.6 Å². The van der Waals surface area contributed by atoms with E-state index < -0.39 is 0 Å². The zero-order valence-corrected chi connectivity index (χ0v) is 12.3. The second-order valence-corrected chi connectivity index (χ2v) is 4.82. The summed E-state index contributed by atoms with van der Waals surface area (Å²) < 4.78 is 4.89. The smallest absolute Gasteiger partial charge is 0.253 e. The second-order valence-electron chi connectivity index (χ2n) is 4.82. The fraction of sp³-hybridized carbons (Fsp3) is 0.400. The highest BCUT2D eigenvalue weighted by molar-refractivity contribution is 5.99. The number of aryl methyl sites for hydroxylation is 1. The third-order valence-corrected chi connectivity index (χ3v) is 3.02. The molecule has 0 radical (unpaired) electrons. The molecule has 0 saturated carbocycles. The molecule has 6 nitrogen and oxygen atoms in total. The first-order chi connectivity index (χ1) is 10.2. The van der Waals surface area contributed by atoms with Crippen molar-refractivity contribution in [1.82, 2.24) is 15.5 Å². The van der Waals surface area contributed by atoms with Crippen molar-refractivity contribution in [3.63, 3.8) is 0 Å². The van der Waals surface area contributed by atoms with Crippen molar-refractivity contribution in [1.29, 1.82) is 0 Å². The number of aromatic nitrogens is 2. The number of nitrogens with one attached hydrogen (secondary N) is 2. The largest absolute Gasteiger partial charge is 0.384 e. The molecule has 6 heteroatoms. The monoisotopic (exact) mass is 288 g/mol. The first kappa shape index (κ1) is 15.0. The summed E-state index contributed by atoms with van der Waals surface area (Å²) in [6.07, 6.45) is 2.88. The highest BCUT2D eigenvalue weighted by Gasteiger charge is 2.11. The summed E-state index contributed by atoms with van der Waals surface area (Å²) in [5.41, 5.74) is 2.57. The number of hydrogen-bond donors (Lipinski definition) is 2. The van der Waals surface area contributed by atoms with E-state index in [0.717, 1.165) is 24.2 Å². The van der Waals surface area contributed by atoms with Crippen LogP contribution in [-0.4, -0.2) is 29.1 Å². The van der Waals surface area contributed by atoms with Crippen LogP contribution >= 0.6 is 0 Å². The molecule has 0 bridgehead atoms. The van der Waals surface area contributed by atoms with Gasteiger partial charge in [0.15, 0.2) is 6.33 Å². The molecular formula is C15H20N4O2. The van der Waals surface area contributed by atoms with Gasteiger partial charge in [-0.1, -0.05) is 23.7 Å². The number of amides is 1. The Kier molecular flexibility index (Phi) is 5.31. The third kappa shape index (κ3) is 4.30. The molecule has 0 atom stereocenters. The molecule has 2 aromatic rings. The number of nitrogens with zero attached hydrogens (tertiary/aromatic N) is 2. The predicted molar refractivity (Wildman–Crippen MR) is 80.3 cm³/mol. The zero-order valence-electron chi connectivity index (χ0n) is 12.3. The minimum Gasteiger partial charge on any atom is -0.384 e. The Bertz CT molecular complexity index is 581. The fourth-order valence-corrected chi connectivity index (χ4v) is 1.94. The maximum Gasteiger partial charge on any atom is 0.253 e. The number of carbonyl (C=O) groups excluding carboxylic acids is 1. The van der Waals surface area contributed by atoms with Gasteiger partial charge in [0.25, 0.3) is 5.91 Å². The Hall–Kier alpha value is -2.37. The van der Waals surface area contributed by atoms with E-state index in [4.69, 9.17) is 4.52 Å². The molecule has 21 heavy (non-hydrogen) atoms. The first-order valence-electron chi connectivity index (χ1n) is 7.09. The van der Waals surface area contributed by atoms with Crippen molar-refractivity contribution in [3.05, 3.63) is 41.5 Å². The van der Waals surface area contributed by atoms with Gasteiger partial charge in [-0.15, -0.1) is 0 Å². The van der Waals surface area contributed by atoms with Crippen LogP contribution in [0.2, 0.25) is 0 Å². The molecule has 1 amide bonds. The summed E-state index contributed by atoms with van der Waals surface area (Å²) in [7, 11) is 0. The highest BCUT2D eigenvalue weighted by atomic mass is 16.5. The lowest BCUT2D eigenvalue weighted by Gasteiger charge is -2.12. The molecule has 2 rings (SSSR count). The van der Waals surface area contributed by atoms with Crippen LogP contribution in [0.25, 0.3) is 0 Å². The summed E-state index contributed by atoms with van der Waals surface area (Å²) in [5.74, 6) is 0.417. The van der Waals surface area contributed by atoms with E-state index in [1.165, 1.54) is 6.33 Å². The van der Waals surface area contributed by atoms with Gasteiger partial charge in [-0.2, -0.15) is 4.98 Å². The molecule has 0 spiro atoms. The lowest BCUT2D eigenvalue weighted by Crippen LogP contribution is -2.26. The molecule has 1 heterocycles. The Labute approximate surface area is 123 Å². The Morgan fingerprint density at radius 1 is 1.33 bits per heavy atom. The van der Waals surface area contributed by atoms with E-state index in [0.29, 0.717) is 24.4 Å². The second kappa shape index (κ2) is 7.42. The number of benzene rings is 1. The molecule has 0 unspecified atom stereocenters. The summed E-state index contributed by atoms with van der Waals surface area (Å²) >= 11 is 0. The average molecular weight is 288 g/mol. The molecule has 0 aliphatic rings. The summed E-state index contributed by atoms with van der Waals surface area (Å²) in [6.45, 7) is 5.36. The van der Waals surface area contributed by atoms with Gasteiger partial charge in [-0.3, -0.25) is 4.79 Å². The van der Waals surface area contributed by atoms with Gasteiger partial charge in [-0.25, -0.2) is 0 Å². The molecule has 2 N–H and O–H groups in total. The Balaban J connectivity index is 1.98. The molecule has 1 aromatic heterocycles. The molecule has 112 valence electrons. The maximum atomic E-state index is 12.3. The molecule has 0 saturated heterocycles. The van der Waals surface area contributed by atoms with Crippen molar-refractivity contribution in [2.24, 2.45) is 0 Å². The van der Waals surface area contributed by atoms with Crippen LogP contribution in [0, 0.1) is 6.92 Å². The van der Waals surface area contributed by atoms with E-state index in [2.05, 4.69) is 27.7 Å². The molecule has 0 fully saturated rings. The number of carbonyl (C=O) groups is 1. The van der Waals surface area contributed by atoms with Crippen LogP contribution in [0.1, 0.15) is 35.2 Å². The van der Waals surface area contributed by atoms with Gasteiger partial charge in [0.05, 0.1) is 5.56 Å².